The molecule has 7 heteroatoms. The molecule has 7 nitrogen and oxygen atoms in total. The van der Waals surface area contributed by atoms with E-state index in [1.807, 2.05) is 42.5 Å². The van der Waals surface area contributed by atoms with Gasteiger partial charge in [-0.2, -0.15) is 10.1 Å². The van der Waals surface area contributed by atoms with Gasteiger partial charge >= 0.3 is 0 Å². The van der Waals surface area contributed by atoms with Crippen LogP contribution < -0.4 is 5.56 Å². The Labute approximate surface area is 166 Å². The summed E-state index contributed by atoms with van der Waals surface area (Å²) in [6.07, 6.45) is 1.52. The second-order valence-corrected chi connectivity index (χ2v) is 7.22. The lowest BCUT2D eigenvalue weighted by atomic mass is 10.0. The van der Waals surface area contributed by atoms with Crippen LogP contribution in [0.5, 0.6) is 0 Å². The molecule has 1 saturated heterocycles. The van der Waals surface area contributed by atoms with Gasteiger partial charge in [0.1, 0.15) is 6.54 Å². The first-order valence-electron chi connectivity index (χ1n) is 9.71. The van der Waals surface area contributed by atoms with Crippen molar-refractivity contribution in [3.63, 3.8) is 0 Å². The van der Waals surface area contributed by atoms with Crippen molar-refractivity contribution < 1.29 is 9.26 Å². The molecule has 4 aromatic rings. The number of benzene rings is 2. The normalized spacial score (nSPS) is 16.5. The van der Waals surface area contributed by atoms with Crippen LogP contribution in [-0.2, 0) is 17.7 Å². The lowest BCUT2D eigenvalue weighted by Gasteiger charge is -2.10. The summed E-state index contributed by atoms with van der Waals surface area (Å²) in [5.74, 6) is 1.17. The zero-order valence-electron chi connectivity index (χ0n) is 15.8. The monoisotopic (exact) mass is 388 g/mol. The maximum atomic E-state index is 13.0. The van der Waals surface area contributed by atoms with Gasteiger partial charge < -0.3 is 9.26 Å². The Bertz CT molecular complexity index is 1190. The van der Waals surface area contributed by atoms with Gasteiger partial charge in [-0.3, -0.25) is 4.79 Å². The molecule has 0 N–H and O–H groups in total. The smallest absolute Gasteiger partial charge is 0.275 e. The lowest BCUT2D eigenvalue weighted by molar-refractivity contribution is 0.192. The molecular formula is C22H20N4O3. The molecule has 0 amide bonds. The van der Waals surface area contributed by atoms with E-state index in [0.717, 1.165) is 23.1 Å². The number of hydrogen-bond donors (Lipinski definition) is 0. The van der Waals surface area contributed by atoms with Crippen molar-refractivity contribution in [3.05, 3.63) is 87.9 Å². The average molecular weight is 388 g/mol. The van der Waals surface area contributed by atoms with Crippen molar-refractivity contribution in [2.75, 3.05) is 13.2 Å². The van der Waals surface area contributed by atoms with Crippen LogP contribution in [0, 0.1) is 0 Å². The summed E-state index contributed by atoms with van der Waals surface area (Å²) < 4.78 is 12.2. The van der Waals surface area contributed by atoms with Gasteiger partial charge in [-0.15, -0.1) is 0 Å². The van der Waals surface area contributed by atoms with Crippen LogP contribution in [0.25, 0.3) is 10.8 Å². The molecule has 1 fully saturated rings. The van der Waals surface area contributed by atoms with Crippen molar-refractivity contribution in [2.24, 2.45) is 0 Å². The van der Waals surface area contributed by atoms with E-state index in [-0.39, 0.29) is 18.0 Å². The second kappa shape index (κ2) is 7.60. The lowest BCUT2D eigenvalue weighted by Crippen LogP contribution is -2.25. The molecule has 3 heterocycles. The number of aromatic nitrogens is 4. The third-order valence-electron chi connectivity index (χ3n) is 5.22. The zero-order chi connectivity index (χ0) is 19.6. The molecule has 1 aliphatic heterocycles. The first-order valence-corrected chi connectivity index (χ1v) is 9.71. The average Bonchev–Trinajstić information content (AvgIpc) is 3.44. The number of hydrogen-bond acceptors (Lipinski definition) is 6. The topological polar surface area (TPSA) is 83.0 Å². The number of nitrogens with zero attached hydrogens (tertiary/aromatic N) is 4. The van der Waals surface area contributed by atoms with E-state index in [9.17, 15) is 4.79 Å². The Morgan fingerprint density at radius 3 is 2.62 bits per heavy atom. The van der Waals surface area contributed by atoms with E-state index in [1.165, 1.54) is 4.68 Å². The molecule has 2 aromatic heterocycles. The summed E-state index contributed by atoms with van der Waals surface area (Å²) in [4.78, 5) is 17.5. The molecule has 0 aliphatic carbocycles. The fourth-order valence-electron chi connectivity index (χ4n) is 3.70. The van der Waals surface area contributed by atoms with Crippen LogP contribution in [0.1, 0.15) is 35.3 Å². The van der Waals surface area contributed by atoms with E-state index >= 15 is 0 Å². The van der Waals surface area contributed by atoms with Gasteiger partial charge in [-0.1, -0.05) is 53.7 Å². The fourth-order valence-corrected chi connectivity index (χ4v) is 3.70. The number of rotatable bonds is 5. The minimum atomic E-state index is -0.165. The summed E-state index contributed by atoms with van der Waals surface area (Å²) in [5.41, 5.74) is 1.81. The number of ether oxygens (including phenoxy) is 1. The molecule has 5 rings (SSSR count). The highest BCUT2D eigenvalue weighted by molar-refractivity contribution is 5.83. The van der Waals surface area contributed by atoms with Crippen LogP contribution in [-0.4, -0.2) is 33.1 Å². The molecule has 0 bridgehead atoms. The minimum Gasteiger partial charge on any atom is -0.381 e. The molecule has 0 radical (unpaired) electrons. The van der Waals surface area contributed by atoms with Crippen molar-refractivity contribution in [3.8, 4) is 0 Å². The summed E-state index contributed by atoms with van der Waals surface area (Å²) in [6.45, 7) is 1.46. The highest BCUT2D eigenvalue weighted by atomic mass is 16.5. The van der Waals surface area contributed by atoms with Crippen LogP contribution >= 0.6 is 0 Å². The van der Waals surface area contributed by atoms with Gasteiger partial charge in [0.15, 0.2) is 5.82 Å². The van der Waals surface area contributed by atoms with Gasteiger partial charge in [0, 0.05) is 24.3 Å². The van der Waals surface area contributed by atoms with E-state index < -0.39 is 0 Å². The summed E-state index contributed by atoms with van der Waals surface area (Å²) in [6, 6.07) is 17.7. The van der Waals surface area contributed by atoms with Gasteiger partial charge in [-0.05, 0) is 18.1 Å². The van der Waals surface area contributed by atoms with Crippen LogP contribution in [0.2, 0.25) is 0 Å². The molecule has 0 spiro atoms. The molecule has 29 heavy (non-hydrogen) atoms. The van der Waals surface area contributed by atoms with Crippen LogP contribution in [0.3, 0.4) is 0 Å². The third kappa shape index (κ3) is 3.56. The SMILES string of the molecule is O=c1c2ccccc2c(Cc2ccccc2)nn1Cc1nc([C@H]2CCOC2)no1. The highest BCUT2D eigenvalue weighted by Crippen LogP contribution is 2.22. The summed E-state index contributed by atoms with van der Waals surface area (Å²) in [5, 5.41) is 10.2. The Morgan fingerprint density at radius 1 is 1.03 bits per heavy atom. The molecule has 0 unspecified atom stereocenters. The standard InChI is InChI=1S/C22H20N4O3/c27-22-18-9-5-4-8-17(18)19(12-15-6-2-1-3-7-15)24-26(22)13-20-23-21(25-29-20)16-10-11-28-14-16/h1-9,16H,10-14H2/t16-/m0/s1. The molecule has 1 atom stereocenters. The van der Waals surface area contributed by atoms with Crippen molar-refractivity contribution in [1.82, 2.24) is 19.9 Å². The third-order valence-corrected chi connectivity index (χ3v) is 5.22. The highest BCUT2D eigenvalue weighted by Gasteiger charge is 2.23. The Kier molecular flexibility index (Phi) is 4.65. The van der Waals surface area contributed by atoms with E-state index in [1.54, 1.807) is 0 Å². The Hall–Kier alpha value is -3.32. The first kappa shape index (κ1) is 17.8. The minimum absolute atomic E-state index is 0.145. The molecule has 2 aromatic carbocycles. The second-order valence-electron chi connectivity index (χ2n) is 7.22. The van der Waals surface area contributed by atoms with Gasteiger partial charge in [0.2, 0.25) is 5.89 Å². The number of fused-ring (bicyclic) bond motifs is 1. The van der Waals surface area contributed by atoms with Crippen LogP contribution in [0.15, 0.2) is 63.9 Å². The molecule has 0 saturated carbocycles. The van der Waals surface area contributed by atoms with Gasteiger partial charge in [0.05, 0.1) is 17.7 Å². The largest absolute Gasteiger partial charge is 0.381 e. The molecular weight excluding hydrogens is 368 g/mol. The first-order chi connectivity index (χ1) is 14.3. The fraction of sp³-hybridized carbons (Fsp3) is 0.273. The van der Waals surface area contributed by atoms with Crippen molar-refractivity contribution in [1.29, 1.82) is 0 Å². The van der Waals surface area contributed by atoms with Gasteiger partial charge in [0.25, 0.3) is 5.56 Å². The predicted molar refractivity (Wildman–Crippen MR) is 107 cm³/mol. The zero-order valence-corrected chi connectivity index (χ0v) is 15.8. The maximum absolute atomic E-state index is 13.0. The van der Waals surface area contributed by atoms with E-state index in [4.69, 9.17) is 9.26 Å². The van der Waals surface area contributed by atoms with Crippen LogP contribution in [0.4, 0.5) is 0 Å². The van der Waals surface area contributed by atoms with Crippen molar-refractivity contribution in [2.45, 2.75) is 25.3 Å². The Balaban J connectivity index is 1.52. The Morgan fingerprint density at radius 2 is 1.83 bits per heavy atom. The van der Waals surface area contributed by atoms with Crippen molar-refractivity contribution >= 4 is 10.8 Å². The van der Waals surface area contributed by atoms with Gasteiger partial charge in [-0.25, -0.2) is 4.68 Å². The van der Waals surface area contributed by atoms with E-state index in [0.29, 0.717) is 36.7 Å². The quantitative estimate of drug-likeness (QED) is 0.523. The predicted octanol–water partition coefficient (Wildman–Crippen LogP) is 2.92. The molecule has 146 valence electrons. The maximum Gasteiger partial charge on any atom is 0.275 e. The molecule has 1 aliphatic rings. The summed E-state index contributed by atoms with van der Waals surface area (Å²) in [7, 11) is 0. The summed E-state index contributed by atoms with van der Waals surface area (Å²) >= 11 is 0. The van der Waals surface area contributed by atoms with E-state index in [2.05, 4.69) is 27.4 Å².